The fourth-order valence-corrected chi connectivity index (χ4v) is 3.55. The van der Waals surface area contributed by atoms with Gasteiger partial charge in [0.2, 0.25) is 5.91 Å². The average molecular weight is 370 g/mol. The van der Waals surface area contributed by atoms with Gasteiger partial charge in [-0.2, -0.15) is 0 Å². The van der Waals surface area contributed by atoms with E-state index in [1.807, 2.05) is 30.3 Å². The van der Waals surface area contributed by atoms with Gasteiger partial charge in [-0.15, -0.1) is 0 Å². The molecule has 0 radical (unpaired) electrons. The van der Waals surface area contributed by atoms with Crippen LogP contribution in [0, 0.1) is 11.7 Å². The van der Waals surface area contributed by atoms with Crippen LogP contribution >= 0.6 is 0 Å². The van der Waals surface area contributed by atoms with Crippen LogP contribution in [0.25, 0.3) is 0 Å². The first-order valence-corrected chi connectivity index (χ1v) is 9.49. The van der Waals surface area contributed by atoms with Gasteiger partial charge in [0.05, 0.1) is 13.7 Å². The third-order valence-corrected chi connectivity index (χ3v) is 5.14. The second-order valence-electron chi connectivity index (χ2n) is 7.18. The Kier molecular flexibility index (Phi) is 6.82. The van der Waals surface area contributed by atoms with Crippen LogP contribution in [0.15, 0.2) is 48.5 Å². The summed E-state index contributed by atoms with van der Waals surface area (Å²) in [6.07, 6.45) is 3.00. The van der Waals surface area contributed by atoms with E-state index in [0.717, 1.165) is 49.2 Å². The average Bonchev–Trinajstić information content (AvgIpc) is 2.68. The summed E-state index contributed by atoms with van der Waals surface area (Å²) in [6.45, 7) is 2.79. The molecule has 0 atom stereocenters. The zero-order valence-corrected chi connectivity index (χ0v) is 15.8. The molecule has 144 valence electrons. The number of likely N-dealkylation sites (tertiary alicyclic amines) is 1. The molecule has 0 bridgehead atoms. The number of benzene rings is 2. The molecule has 27 heavy (non-hydrogen) atoms. The fraction of sp³-hybridized carbons (Fsp3) is 0.409. The molecule has 4 nitrogen and oxygen atoms in total. The van der Waals surface area contributed by atoms with Gasteiger partial charge in [-0.05, 0) is 73.7 Å². The van der Waals surface area contributed by atoms with Gasteiger partial charge in [-0.25, -0.2) is 4.39 Å². The Morgan fingerprint density at radius 1 is 1.15 bits per heavy atom. The zero-order valence-electron chi connectivity index (χ0n) is 15.8. The quantitative estimate of drug-likeness (QED) is 0.812. The second kappa shape index (κ2) is 9.51. The molecule has 3 rings (SSSR count). The van der Waals surface area contributed by atoms with Crippen molar-refractivity contribution in [2.45, 2.75) is 25.8 Å². The van der Waals surface area contributed by atoms with Crippen molar-refractivity contribution in [2.24, 2.45) is 5.92 Å². The Morgan fingerprint density at radius 3 is 2.56 bits per heavy atom. The minimum atomic E-state index is -0.168. The number of carbonyl (C=O) groups is 1. The lowest BCUT2D eigenvalue weighted by molar-refractivity contribution is -0.122. The van der Waals surface area contributed by atoms with Crippen molar-refractivity contribution in [3.05, 3.63) is 65.5 Å². The van der Waals surface area contributed by atoms with Crippen molar-refractivity contribution in [3.63, 3.8) is 0 Å². The molecule has 1 aliphatic heterocycles. The number of hydrogen-bond acceptors (Lipinski definition) is 3. The first-order chi connectivity index (χ1) is 13.1. The molecular formula is C22H27FN2O2. The molecule has 0 aromatic heterocycles. The molecule has 0 aliphatic carbocycles. The van der Waals surface area contributed by atoms with E-state index in [0.29, 0.717) is 19.0 Å². The van der Waals surface area contributed by atoms with Gasteiger partial charge in [-0.3, -0.25) is 9.69 Å². The minimum Gasteiger partial charge on any atom is -0.497 e. The molecule has 0 saturated carbocycles. The number of methoxy groups -OCH3 is 1. The summed E-state index contributed by atoms with van der Waals surface area (Å²) in [5, 5.41) is 2.98. The summed E-state index contributed by atoms with van der Waals surface area (Å²) >= 11 is 0. The highest BCUT2D eigenvalue weighted by molar-refractivity contribution is 5.78. The maximum absolute atomic E-state index is 13.3. The number of piperidine rings is 1. The van der Waals surface area contributed by atoms with E-state index < -0.39 is 0 Å². The molecule has 1 saturated heterocycles. The number of amides is 1. The van der Waals surface area contributed by atoms with E-state index in [-0.39, 0.29) is 11.7 Å². The first kappa shape index (κ1) is 19.4. The van der Waals surface area contributed by atoms with Crippen molar-refractivity contribution in [2.75, 3.05) is 26.7 Å². The van der Waals surface area contributed by atoms with Gasteiger partial charge in [0.15, 0.2) is 0 Å². The smallest absolute Gasteiger partial charge is 0.234 e. The molecule has 1 amide bonds. The molecule has 0 unspecified atom stereocenters. The van der Waals surface area contributed by atoms with Crippen molar-refractivity contribution in [1.82, 2.24) is 10.2 Å². The van der Waals surface area contributed by atoms with Crippen molar-refractivity contribution in [1.29, 1.82) is 0 Å². The van der Waals surface area contributed by atoms with Gasteiger partial charge >= 0.3 is 0 Å². The fourth-order valence-electron chi connectivity index (χ4n) is 3.55. The van der Waals surface area contributed by atoms with E-state index in [4.69, 9.17) is 4.74 Å². The molecule has 1 fully saturated rings. The molecule has 1 aliphatic rings. The van der Waals surface area contributed by atoms with Gasteiger partial charge in [0.1, 0.15) is 11.6 Å². The predicted octanol–water partition coefficient (Wildman–Crippen LogP) is 3.41. The van der Waals surface area contributed by atoms with Crippen molar-refractivity contribution < 1.29 is 13.9 Å². The highest BCUT2D eigenvalue weighted by Crippen LogP contribution is 2.22. The topological polar surface area (TPSA) is 41.6 Å². The van der Waals surface area contributed by atoms with Crippen molar-refractivity contribution in [3.8, 4) is 5.75 Å². The van der Waals surface area contributed by atoms with Crippen LogP contribution in [0.1, 0.15) is 24.0 Å². The number of nitrogens with one attached hydrogen (secondary N) is 1. The van der Waals surface area contributed by atoms with Crippen LogP contribution in [-0.4, -0.2) is 37.6 Å². The number of rotatable bonds is 7. The van der Waals surface area contributed by atoms with E-state index in [1.165, 1.54) is 6.07 Å². The lowest BCUT2D eigenvalue weighted by Gasteiger charge is -2.31. The monoisotopic (exact) mass is 370 g/mol. The van der Waals surface area contributed by atoms with Crippen LogP contribution in [0.4, 0.5) is 4.39 Å². The predicted molar refractivity (Wildman–Crippen MR) is 104 cm³/mol. The summed E-state index contributed by atoms with van der Waals surface area (Å²) in [4.78, 5) is 14.4. The standard InChI is InChI=1S/C22H27FN2O2/c1-27-21-7-5-18(6-8-21)15-24-22(26)16-25-11-9-17(10-12-25)13-19-3-2-4-20(23)14-19/h2-8,14,17H,9-13,15-16H2,1H3,(H,24,26). The Hall–Kier alpha value is -2.40. The minimum absolute atomic E-state index is 0.0504. The lowest BCUT2D eigenvalue weighted by atomic mass is 9.90. The van der Waals surface area contributed by atoms with E-state index in [9.17, 15) is 9.18 Å². The Morgan fingerprint density at radius 2 is 1.89 bits per heavy atom. The summed E-state index contributed by atoms with van der Waals surface area (Å²) in [5.74, 6) is 1.25. The number of carbonyl (C=O) groups excluding carboxylic acids is 1. The largest absolute Gasteiger partial charge is 0.497 e. The Balaban J connectivity index is 1.37. The molecule has 2 aromatic rings. The van der Waals surface area contributed by atoms with Crippen LogP contribution in [-0.2, 0) is 17.8 Å². The summed E-state index contributed by atoms with van der Waals surface area (Å²) in [5.41, 5.74) is 2.11. The van der Waals surface area contributed by atoms with E-state index >= 15 is 0 Å². The maximum atomic E-state index is 13.3. The normalized spacial score (nSPS) is 15.5. The molecule has 5 heteroatoms. The van der Waals surface area contributed by atoms with Crippen LogP contribution in [0.5, 0.6) is 5.75 Å². The SMILES string of the molecule is COc1ccc(CNC(=O)CN2CCC(Cc3cccc(F)c3)CC2)cc1. The highest BCUT2D eigenvalue weighted by atomic mass is 19.1. The molecule has 0 spiro atoms. The van der Waals surface area contributed by atoms with Gasteiger partial charge in [0.25, 0.3) is 0 Å². The number of nitrogens with zero attached hydrogens (tertiary/aromatic N) is 1. The first-order valence-electron chi connectivity index (χ1n) is 9.49. The lowest BCUT2D eigenvalue weighted by Crippen LogP contribution is -2.41. The van der Waals surface area contributed by atoms with Crippen molar-refractivity contribution >= 4 is 5.91 Å². The second-order valence-corrected chi connectivity index (χ2v) is 7.18. The van der Waals surface area contributed by atoms with Crippen LogP contribution in [0.3, 0.4) is 0 Å². The summed E-state index contributed by atoms with van der Waals surface area (Å²) in [6, 6.07) is 14.6. The van der Waals surface area contributed by atoms with Gasteiger partial charge in [-0.1, -0.05) is 24.3 Å². The number of halogens is 1. The summed E-state index contributed by atoms with van der Waals surface area (Å²) in [7, 11) is 1.64. The Labute approximate surface area is 160 Å². The van der Waals surface area contributed by atoms with Gasteiger partial charge in [0, 0.05) is 6.54 Å². The molecule has 1 heterocycles. The van der Waals surface area contributed by atoms with E-state index in [1.54, 1.807) is 19.2 Å². The maximum Gasteiger partial charge on any atom is 0.234 e. The third-order valence-electron chi connectivity index (χ3n) is 5.14. The Bertz CT molecular complexity index is 740. The molecule has 2 aromatic carbocycles. The zero-order chi connectivity index (χ0) is 19.1. The molecule has 1 N–H and O–H groups in total. The summed E-state index contributed by atoms with van der Waals surface area (Å²) < 4.78 is 18.4. The number of ether oxygens (including phenoxy) is 1. The van der Waals surface area contributed by atoms with Crippen LogP contribution < -0.4 is 10.1 Å². The third kappa shape index (κ3) is 6.07. The van der Waals surface area contributed by atoms with E-state index in [2.05, 4.69) is 10.2 Å². The molecular weight excluding hydrogens is 343 g/mol. The number of hydrogen-bond donors (Lipinski definition) is 1. The van der Waals surface area contributed by atoms with Gasteiger partial charge < -0.3 is 10.1 Å². The highest BCUT2D eigenvalue weighted by Gasteiger charge is 2.21. The van der Waals surface area contributed by atoms with Crippen LogP contribution in [0.2, 0.25) is 0 Å².